The lowest BCUT2D eigenvalue weighted by atomic mass is 9.45. The molecular weight excluding hydrogens is 510 g/mol. The molecule has 4 aliphatic rings. The van der Waals surface area contributed by atoms with Crippen LogP contribution in [-0.2, 0) is 25.5 Å². The largest absolute Gasteiger partial charge is 0.506 e. The van der Waals surface area contributed by atoms with Gasteiger partial charge in [-0.15, -0.1) is 0 Å². The number of esters is 1. The molecule has 2 aromatic rings. The van der Waals surface area contributed by atoms with Gasteiger partial charge in [-0.2, -0.15) is 0 Å². The summed E-state index contributed by atoms with van der Waals surface area (Å²) < 4.78 is 5.33. The molecule has 4 aliphatic carbocycles. The van der Waals surface area contributed by atoms with Crippen molar-refractivity contribution in [3.8, 4) is 5.75 Å². The van der Waals surface area contributed by atoms with Crippen molar-refractivity contribution in [1.29, 1.82) is 0 Å². The molecule has 0 aliphatic heterocycles. The minimum Gasteiger partial charge on any atom is -0.506 e. The zero-order valence-corrected chi connectivity index (χ0v) is 23.1. The molecule has 0 radical (unpaired) electrons. The average Bonchev–Trinajstić information content (AvgIpc) is 3.18. The lowest BCUT2D eigenvalue weighted by Crippen LogP contribution is -2.62. The van der Waals surface area contributed by atoms with Gasteiger partial charge in [-0.05, 0) is 79.9 Å². The number of aromatic hydroxyl groups is 1. The summed E-state index contributed by atoms with van der Waals surface area (Å²) in [6.45, 7) is 3.53. The van der Waals surface area contributed by atoms with Gasteiger partial charge in [-0.3, -0.25) is 14.4 Å². The maximum Gasteiger partial charge on any atom is 0.312 e. The van der Waals surface area contributed by atoms with E-state index in [4.69, 9.17) is 4.74 Å². The molecule has 0 amide bonds. The number of carbonyl (C=O) groups is 3. The van der Waals surface area contributed by atoms with Gasteiger partial charge in [0.05, 0.1) is 18.2 Å². The zero-order valence-electron chi connectivity index (χ0n) is 23.1. The first kappa shape index (κ1) is 27.1. The highest BCUT2D eigenvalue weighted by molar-refractivity contribution is 5.92. The Morgan fingerprint density at radius 2 is 1.90 bits per heavy atom. The number of hydrogen-bond acceptors (Lipinski definition) is 8. The molecule has 8 heteroatoms. The van der Waals surface area contributed by atoms with Crippen LogP contribution in [0.15, 0.2) is 42.0 Å². The lowest BCUT2D eigenvalue weighted by Gasteiger charge is -2.60. The molecule has 1 aromatic heterocycles. The van der Waals surface area contributed by atoms with Crippen LogP contribution in [0.2, 0.25) is 0 Å². The SMILES string of the molecule is C[C@]12CCC(=O)C=C1CCC1C2[C@@H](O)C[C@@]2(C)C1CC[C@]2(O)C(=O)COC(=O)Cc1ccc2cccc(O)c2n1. The van der Waals surface area contributed by atoms with Crippen molar-refractivity contribution in [1.82, 2.24) is 4.98 Å². The van der Waals surface area contributed by atoms with Gasteiger partial charge in [0.1, 0.15) is 16.9 Å². The van der Waals surface area contributed by atoms with Crippen LogP contribution in [-0.4, -0.2) is 56.2 Å². The van der Waals surface area contributed by atoms with Gasteiger partial charge in [0.15, 0.2) is 12.4 Å². The molecule has 1 heterocycles. The number of fused-ring (bicyclic) bond motifs is 6. The molecule has 0 bridgehead atoms. The predicted molar refractivity (Wildman–Crippen MR) is 146 cm³/mol. The molecule has 7 atom stereocenters. The number of rotatable bonds is 5. The van der Waals surface area contributed by atoms with E-state index in [0.29, 0.717) is 24.1 Å². The number of benzene rings is 1. The lowest BCUT2D eigenvalue weighted by molar-refractivity contribution is -0.184. The highest BCUT2D eigenvalue weighted by atomic mass is 16.5. The standard InChI is InChI=1S/C32H37NO7/c1-30-12-10-21(34)14-19(30)7-9-22-23-11-13-32(39,31(23,2)16-25(36)28(22)30)26(37)17-40-27(38)15-20-8-6-18-4-3-5-24(35)29(18)33-20/h3-6,8,14,22-23,25,28,35-36,39H,7,9-13,15-17H2,1-2H3/t22?,23?,25-,28?,30-,31-,32-/m0/s1. The molecule has 0 saturated heterocycles. The number of hydrogen-bond donors (Lipinski definition) is 3. The van der Waals surface area contributed by atoms with Crippen LogP contribution >= 0.6 is 0 Å². The Hall–Kier alpha value is -3.10. The van der Waals surface area contributed by atoms with Crippen LogP contribution in [0.1, 0.15) is 64.5 Å². The van der Waals surface area contributed by atoms with E-state index < -0.39 is 35.5 Å². The fraction of sp³-hybridized carbons (Fsp3) is 0.562. The van der Waals surface area contributed by atoms with Gasteiger partial charge in [0, 0.05) is 17.2 Å². The smallest absolute Gasteiger partial charge is 0.312 e. The number of phenolic OH excluding ortho intramolecular Hbond substituents is 1. The Morgan fingerprint density at radius 1 is 1.10 bits per heavy atom. The molecule has 3 N–H and O–H groups in total. The molecule has 0 spiro atoms. The number of ketones is 2. The zero-order chi connectivity index (χ0) is 28.4. The highest BCUT2D eigenvalue weighted by Crippen LogP contribution is 2.67. The van der Waals surface area contributed by atoms with Crippen molar-refractivity contribution < 1.29 is 34.4 Å². The van der Waals surface area contributed by atoms with Gasteiger partial charge in [0.2, 0.25) is 5.78 Å². The number of aliphatic hydroxyl groups is 2. The van der Waals surface area contributed by atoms with Crippen LogP contribution in [0.5, 0.6) is 5.75 Å². The van der Waals surface area contributed by atoms with Crippen molar-refractivity contribution in [3.63, 3.8) is 0 Å². The van der Waals surface area contributed by atoms with E-state index >= 15 is 0 Å². The number of carbonyl (C=O) groups excluding carboxylic acids is 3. The Kier molecular flexibility index (Phi) is 6.42. The normalized spacial score (nSPS) is 36.8. The Bertz CT molecular complexity index is 1430. The van der Waals surface area contributed by atoms with E-state index in [1.165, 1.54) is 6.07 Å². The Balaban J connectivity index is 1.15. The molecule has 1 aromatic carbocycles. The minimum atomic E-state index is -1.70. The number of aromatic nitrogens is 1. The number of pyridine rings is 1. The summed E-state index contributed by atoms with van der Waals surface area (Å²) in [5.74, 6) is -0.823. The van der Waals surface area contributed by atoms with Crippen LogP contribution in [0.25, 0.3) is 10.9 Å². The molecule has 3 unspecified atom stereocenters. The summed E-state index contributed by atoms with van der Waals surface area (Å²) in [5, 5.41) is 34.2. The van der Waals surface area contributed by atoms with Gasteiger partial charge in [0.25, 0.3) is 0 Å². The molecule has 8 nitrogen and oxygen atoms in total. The van der Waals surface area contributed by atoms with Gasteiger partial charge >= 0.3 is 5.97 Å². The molecule has 40 heavy (non-hydrogen) atoms. The van der Waals surface area contributed by atoms with Crippen molar-refractivity contribution in [2.45, 2.75) is 76.9 Å². The fourth-order valence-electron chi connectivity index (χ4n) is 8.88. The summed E-state index contributed by atoms with van der Waals surface area (Å²) in [7, 11) is 0. The van der Waals surface area contributed by atoms with Crippen molar-refractivity contribution >= 4 is 28.4 Å². The van der Waals surface area contributed by atoms with Crippen molar-refractivity contribution in [3.05, 3.63) is 47.7 Å². The first-order chi connectivity index (χ1) is 19.0. The minimum absolute atomic E-state index is 0.0113. The number of nitrogens with zero attached hydrogens (tertiary/aromatic N) is 1. The van der Waals surface area contributed by atoms with Crippen molar-refractivity contribution in [2.75, 3.05) is 6.61 Å². The van der Waals surface area contributed by atoms with Gasteiger partial charge < -0.3 is 20.1 Å². The van der Waals surface area contributed by atoms with Crippen LogP contribution in [0.3, 0.4) is 0 Å². The van der Waals surface area contributed by atoms with E-state index in [2.05, 4.69) is 11.9 Å². The monoisotopic (exact) mass is 547 g/mol. The number of aliphatic hydroxyl groups excluding tert-OH is 1. The first-order valence-electron chi connectivity index (χ1n) is 14.4. The van der Waals surface area contributed by atoms with Crippen LogP contribution < -0.4 is 0 Å². The van der Waals surface area contributed by atoms with Crippen molar-refractivity contribution in [2.24, 2.45) is 28.6 Å². The topological polar surface area (TPSA) is 134 Å². The molecule has 6 rings (SSSR count). The second-order valence-electron chi connectivity index (χ2n) is 12.9. The number of Topliss-reactive ketones (excluding diaryl/α,β-unsaturated/α-hetero) is 1. The number of ether oxygens (including phenoxy) is 1. The second kappa shape index (κ2) is 9.48. The number of para-hydroxylation sites is 1. The quantitative estimate of drug-likeness (QED) is 0.481. The predicted octanol–water partition coefficient (Wildman–Crippen LogP) is 3.83. The highest BCUT2D eigenvalue weighted by Gasteiger charge is 2.68. The summed E-state index contributed by atoms with van der Waals surface area (Å²) >= 11 is 0. The third kappa shape index (κ3) is 4.02. The van der Waals surface area contributed by atoms with Crippen LogP contribution in [0, 0.1) is 28.6 Å². The number of phenols is 1. The fourth-order valence-corrected chi connectivity index (χ4v) is 8.88. The third-order valence-corrected chi connectivity index (χ3v) is 11.0. The van der Waals surface area contributed by atoms with E-state index in [0.717, 1.165) is 30.2 Å². The van der Waals surface area contributed by atoms with E-state index in [-0.39, 0.29) is 54.0 Å². The van der Waals surface area contributed by atoms with Crippen LogP contribution in [0.4, 0.5) is 0 Å². The Morgan fingerprint density at radius 3 is 2.70 bits per heavy atom. The van der Waals surface area contributed by atoms with E-state index in [1.54, 1.807) is 24.3 Å². The maximum atomic E-state index is 13.5. The maximum absolute atomic E-state index is 13.5. The molecular formula is C32H37NO7. The molecule has 3 fully saturated rings. The van der Waals surface area contributed by atoms with E-state index in [9.17, 15) is 29.7 Å². The van der Waals surface area contributed by atoms with E-state index in [1.807, 2.05) is 13.0 Å². The summed E-state index contributed by atoms with van der Waals surface area (Å²) in [6, 6.07) is 8.48. The molecule has 3 saturated carbocycles. The summed E-state index contributed by atoms with van der Waals surface area (Å²) in [5.41, 5.74) is -0.849. The van der Waals surface area contributed by atoms with Gasteiger partial charge in [-0.25, -0.2) is 4.98 Å². The first-order valence-corrected chi connectivity index (χ1v) is 14.4. The molecule has 212 valence electrons. The number of allylic oxidation sites excluding steroid dienone is 1. The second-order valence-corrected chi connectivity index (χ2v) is 12.9. The summed E-state index contributed by atoms with van der Waals surface area (Å²) in [4.78, 5) is 42.6. The van der Waals surface area contributed by atoms with Gasteiger partial charge in [-0.1, -0.05) is 37.6 Å². The Labute approximate surface area is 233 Å². The summed E-state index contributed by atoms with van der Waals surface area (Å²) in [6.07, 6.45) is 4.97. The average molecular weight is 548 g/mol. The third-order valence-electron chi connectivity index (χ3n) is 11.0.